The van der Waals surface area contributed by atoms with Gasteiger partial charge < -0.3 is 0 Å². The maximum atomic E-state index is 10.9. The molecule has 3 heteroatoms. The fourth-order valence-electron chi connectivity index (χ4n) is 2.28. The number of hydrogen-bond donors (Lipinski definition) is 1. The van der Waals surface area contributed by atoms with E-state index in [0.717, 1.165) is 19.3 Å². The lowest BCUT2D eigenvalue weighted by Gasteiger charge is -2.14. The van der Waals surface area contributed by atoms with E-state index in [-0.39, 0.29) is 5.92 Å². The molecule has 0 bridgehead atoms. The molecule has 0 saturated carbocycles. The Labute approximate surface area is 112 Å². The second-order valence-electron chi connectivity index (χ2n) is 4.92. The first-order valence-electron chi connectivity index (χ1n) is 6.88. The zero-order chi connectivity index (χ0) is 13.2. The first-order valence-corrected chi connectivity index (χ1v) is 8.24. The van der Waals surface area contributed by atoms with E-state index in [1.807, 2.05) is 18.2 Å². The van der Waals surface area contributed by atoms with Crippen molar-refractivity contribution in [2.75, 3.05) is 5.75 Å². The molecule has 0 radical (unpaired) electrons. The average Bonchev–Trinajstić information content (AvgIpc) is 2.35. The molecule has 1 aromatic rings. The molecule has 0 aliphatic heterocycles. The summed E-state index contributed by atoms with van der Waals surface area (Å²) >= 11 is 0. The van der Waals surface area contributed by atoms with Crippen LogP contribution in [-0.4, -0.2) is 14.2 Å². The van der Waals surface area contributed by atoms with Gasteiger partial charge >= 0.3 is 0 Å². The highest BCUT2D eigenvalue weighted by Crippen LogP contribution is 2.16. The second-order valence-corrected chi connectivity index (χ2v) is 5.95. The minimum absolute atomic E-state index is 0.283. The Bertz CT molecular complexity index is 377. The van der Waals surface area contributed by atoms with Gasteiger partial charge in [-0.25, -0.2) is 8.42 Å². The summed E-state index contributed by atoms with van der Waals surface area (Å²) in [5, 5.41) is 0. The Morgan fingerprint density at radius 1 is 1.06 bits per heavy atom. The van der Waals surface area contributed by atoms with E-state index in [2.05, 4.69) is 19.1 Å². The maximum Gasteiger partial charge on any atom is 0.140 e. The highest BCUT2D eigenvalue weighted by atomic mass is 32.2. The first kappa shape index (κ1) is 15.2. The van der Waals surface area contributed by atoms with E-state index in [0.29, 0.717) is 5.75 Å². The van der Waals surface area contributed by atoms with Gasteiger partial charge in [-0.3, -0.25) is 0 Å². The minimum atomic E-state index is -2.26. The lowest BCUT2D eigenvalue weighted by molar-refractivity contribution is 0.484. The fraction of sp³-hybridized carbons (Fsp3) is 0.600. The van der Waals surface area contributed by atoms with E-state index >= 15 is 0 Å². The van der Waals surface area contributed by atoms with Crippen LogP contribution < -0.4 is 0 Å². The zero-order valence-electron chi connectivity index (χ0n) is 11.2. The van der Waals surface area contributed by atoms with Crippen LogP contribution in [0.25, 0.3) is 0 Å². The molecule has 1 unspecified atom stereocenters. The zero-order valence-corrected chi connectivity index (χ0v) is 12.1. The van der Waals surface area contributed by atoms with Crippen LogP contribution in [0.1, 0.15) is 44.6 Å². The molecule has 0 spiro atoms. The van der Waals surface area contributed by atoms with Crippen LogP contribution in [0.3, 0.4) is 0 Å². The van der Waals surface area contributed by atoms with Gasteiger partial charge in [-0.05, 0) is 24.3 Å². The van der Waals surface area contributed by atoms with Gasteiger partial charge in [0.15, 0.2) is 0 Å². The molecule has 0 aromatic heterocycles. The summed E-state index contributed by atoms with van der Waals surface area (Å²) in [7, 11) is -2.26. The molecular formula is C15H24O2S. The van der Waals surface area contributed by atoms with Gasteiger partial charge in [-0.15, -0.1) is 0 Å². The molecule has 1 rings (SSSR count). The third kappa shape index (κ3) is 6.80. The van der Waals surface area contributed by atoms with E-state index in [9.17, 15) is 8.42 Å². The van der Waals surface area contributed by atoms with Gasteiger partial charge in [0.05, 0.1) is 5.75 Å². The van der Waals surface area contributed by atoms with E-state index in [1.54, 1.807) is 0 Å². The lowest BCUT2D eigenvalue weighted by atomic mass is 9.95. The van der Waals surface area contributed by atoms with E-state index in [1.165, 1.54) is 24.8 Å². The van der Waals surface area contributed by atoms with E-state index in [4.69, 9.17) is 0 Å². The summed E-state index contributed by atoms with van der Waals surface area (Å²) in [5.41, 5.74) is 1.25. The van der Waals surface area contributed by atoms with Crippen molar-refractivity contribution < 1.29 is 8.42 Å². The van der Waals surface area contributed by atoms with Crippen molar-refractivity contribution >= 4 is 10.7 Å². The number of unbranched alkanes of at least 4 members (excludes halogenated alkanes) is 3. The van der Waals surface area contributed by atoms with Crippen molar-refractivity contribution in [2.24, 2.45) is 5.92 Å². The summed E-state index contributed by atoms with van der Waals surface area (Å²) < 4.78 is 21.9. The molecule has 2 nitrogen and oxygen atoms in total. The van der Waals surface area contributed by atoms with Gasteiger partial charge in [-0.1, -0.05) is 62.9 Å². The minimum Gasteiger partial charge on any atom is -0.232 e. The highest BCUT2D eigenvalue weighted by Gasteiger charge is 2.10. The molecule has 18 heavy (non-hydrogen) atoms. The van der Waals surface area contributed by atoms with Gasteiger partial charge in [0.2, 0.25) is 0 Å². The smallest absolute Gasteiger partial charge is 0.140 e. The predicted octanol–water partition coefficient (Wildman–Crippen LogP) is 3.43. The Morgan fingerprint density at radius 2 is 1.78 bits per heavy atom. The van der Waals surface area contributed by atoms with Crippen molar-refractivity contribution in [1.29, 1.82) is 0 Å². The van der Waals surface area contributed by atoms with Crippen molar-refractivity contribution in [2.45, 2.75) is 45.4 Å². The predicted molar refractivity (Wildman–Crippen MR) is 77.6 cm³/mol. The lowest BCUT2D eigenvalue weighted by Crippen LogP contribution is -2.11. The summed E-state index contributed by atoms with van der Waals surface area (Å²) in [6, 6.07) is 10.2. The average molecular weight is 268 g/mol. The Kier molecular flexibility index (Phi) is 7.74. The molecule has 0 aliphatic carbocycles. The monoisotopic (exact) mass is 268 g/mol. The molecule has 0 saturated heterocycles. The van der Waals surface area contributed by atoms with Crippen LogP contribution in [0, 0.1) is 5.92 Å². The highest BCUT2D eigenvalue weighted by molar-refractivity contribution is 7.72. The van der Waals surface area contributed by atoms with Gasteiger partial charge in [0.25, 0.3) is 0 Å². The van der Waals surface area contributed by atoms with Gasteiger partial charge in [-0.2, -0.15) is 0 Å². The van der Waals surface area contributed by atoms with Gasteiger partial charge in [0.1, 0.15) is 10.7 Å². The molecule has 0 N–H and O–H groups in total. The Morgan fingerprint density at radius 3 is 2.39 bits per heavy atom. The number of thiol groups is 1. The van der Waals surface area contributed by atoms with Crippen LogP contribution in [0.15, 0.2) is 30.3 Å². The molecule has 1 aromatic carbocycles. The van der Waals surface area contributed by atoms with Crippen molar-refractivity contribution in [1.82, 2.24) is 0 Å². The molecular weight excluding hydrogens is 244 g/mol. The van der Waals surface area contributed by atoms with Crippen LogP contribution in [0.2, 0.25) is 0 Å². The number of rotatable bonds is 9. The van der Waals surface area contributed by atoms with Crippen molar-refractivity contribution in [3.8, 4) is 0 Å². The number of hydrogen-bond acceptors (Lipinski definition) is 2. The summed E-state index contributed by atoms with van der Waals surface area (Å²) in [5.74, 6) is 0.612. The summed E-state index contributed by atoms with van der Waals surface area (Å²) in [4.78, 5) is 0. The van der Waals surface area contributed by atoms with Crippen LogP contribution in [-0.2, 0) is 17.1 Å². The molecule has 0 heterocycles. The van der Waals surface area contributed by atoms with Gasteiger partial charge in [0, 0.05) is 0 Å². The largest absolute Gasteiger partial charge is 0.232 e. The number of benzene rings is 1. The topological polar surface area (TPSA) is 34.1 Å². The van der Waals surface area contributed by atoms with Crippen molar-refractivity contribution in [3.63, 3.8) is 0 Å². The van der Waals surface area contributed by atoms with Crippen molar-refractivity contribution in [3.05, 3.63) is 35.9 Å². The molecule has 0 amide bonds. The second kappa shape index (κ2) is 9.15. The Balaban J connectivity index is 2.45. The fourth-order valence-corrected chi connectivity index (χ4v) is 3.01. The molecule has 0 aliphatic rings. The third-order valence-corrected chi connectivity index (χ3v) is 4.05. The summed E-state index contributed by atoms with van der Waals surface area (Å²) in [6.45, 7) is 2.19. The van der Waals surface area contributed by atoms with Crippen LogP contribution in [0.5, 0.6) is 0 Å². The molecule has 0 fully saturated rings. The standard InChI is InChI=1S/C15H24O2S/c1-2-3-4-6-11-15(13-18(16)17)12-14-9-7-5-8-10-14/h5,7-10,15,18H,2-4,6,11-13H2,1H3. The summed E-state index contributed by atoms with van der Waals surface area (Å²) in [6.07, 6.45) is 6.75. The first-order chi connectivity index (χ1) is 8.72. The maximum absolute atomic E-state index is 10.9. The quantitative estimate of drug-likeness (QED) is 0.550. The van der Waals surface area contributed by atoms with E-state index < -0.39 is 10.7 Å². The molecule has 102 valence electrons. The third-order valence-electron chi connectivity index (χ3n) is 3.24. The SMILES string of the molecule is CCCCCCC(Cc1ccccc1)C[SH](=O)=O. The molecule has 1 atom stereocenters. The normalized spacial score (nSPS) is 12.8. The Hall–Kier alpha value is -0.830. The van der Waals surface area contributed by atoms with Crippen LogP contribution in [0.4, 0.5) is 0 Å². The van der Waals surface area contributed by atoms with Crippen LogP contribution >= 0.6 is 0 Å².